The van der Waals surface area contributed by atoms with Crippen LogP contribution in [-0.4, -0.2) is 39.8 Å². The SMILES string of the molecule is CN(Cc1nc2ccsc2c(=O)[nH]1)C1CC(=O)N(c2ccc(F)cc2)C1=O. The number of H-pyrrole nitrogens is 1. The van der Waals surface area contributed by atoms with Gasteiger partial charge < -0.3 is 4.98 Å². The van der Waals surface area contributed by atoms with E-state index in [-0.39, 0.29) is 30.3 Å². The van der Waals surface area contributed by atoms with Gasteiger partial charge in [-0.05, 0) is 42.8 Å². The molecule has 1 N–H and O–H groups in total. The van der Waals surface area contributed by atoms with Crippen LogP contribution in [0.15, 0.2) is 40.5 Å². The van der Waals surface area contributed by atoms with Crippen LogP contribution in [0.2, 0.25) is 0 Å². The van der Waals surface area contributed by atoms with Gasteiger partial charge in [0.2, 0.25) is 5.91 Å². The number of likely N-dealkylation sites (N-methyl/N-ethyl adjacent to an activating group) is 1. The summed E-state index contributed by atoms with van der Waals surface area (Å²) in [6, 6.07) is 6.30. The summed E-state index contributed by atoms with van der Waals surface area (Å²) in [5.74, 6) is -0.745. The molecule has 1 unspecified atom stereocenters. The zero-order chi connectivity index (χ0) is 19.1. The minimum absolute atomic E-state index is 0.0115. The number of fused-ring (bicyclic) bond motifs is 1. The summed E-state index contributed by atoms with van der Waals surface area (Å²) in [7, 11) is 1.70. The number of thiophene rings is 1. The lowest BCUT2D eigenvalue weighted by molar-refractivity contribution is -0.122. The van der Waals surface area contributed by atoms with Crippen molar-refractivity contribution in [2.75, 3.05) is 11.9 Å². The fourth-order valence-electron chi connectivity index (χ4n) is 3.16. The summed E-state index contributed by atoms with van der Waals surface area (Å²) in [5, 5.41) is 1.79. The summed E-state index contributed by atoms with van der Waals surface area (Å²) >= 11 is 1.31. The highest BCUT2D eigenvalue weighted by Gasteiger charge is 2.41. The number of anilines is 1. The number of rotatable bonds is 4. The van der Waals surface area contributed by atoms with E-state index in [2.05, 4.69) is 9.97 Å². The number of amides is 2. The molecule has 4 rings (SSSR count). The Labute approximate surface area is 157 Å². The fraction of sp³-hybridized carbons (Fsp3) is 0.222. The van der Waals surface area contributed by atoms with E-state index >= 15 is 0 Å². The molecule has 2 aromatic heterocycles. The number of imide groups is 1. The molecule has 0 bridgehead atoms. The number of carbonyl (C=O) groups excluding carboxylic acids is 2. The smallest absolute Gasteiger partial charge is 0.268 e. The van der Waals surface area contributed by atoms with Crippen molar-refractivity contribution < 1.29 is 14.0 Å². The highest BCUT2D eigenvalue weighted by Crippen LogP contribution is 2.26. The number of benzene rings is 1. The third-order valence-corrected chi connectivity index (χ3v) is 5.41. The maximum absolute atomic E-state index is 13.1. The highest BCUT2D eigenvalue weighted by molar-refractivity contribution is 7.17. The van der Waals surface area contributed by atoms with Gasteiger partial charge in [0, 0.05) is 0 Å². The van der Waals surface area contributed by atoms with Crippen molar-refractivity contribution in [2.45, 2.75) is 19.0 Å². The van der Waals surface area contributed by atoms with Crippen molar-refractivity contribution in [3.8, 4) is 0 Å². The van der Waals surface area contributed by atoms with Crippen LogP contribution in [0, 0.1) is 5.82 Å². The number of aromatic amines is 1. The molecular weight excluding hydrogens is 371 g/mol. The van der Waals surface area contributed by atoms with Gasteiger partial charge in [0.25, 0.3) is 11.5 Å². The van der Waals surface area contributed by atoms with E-state index in [1.54, 1.807) is 23.4 Å². The maximum Gasteiger partial charge on any atom is 0.268 e. The fourth-order valence-corrected chi connectivity index (χ4v) is 3.89. The number of nitrogens with zero attached hydrogens (tertiary/aromatic N) is 3. The lowest BCUT2D eigenvalue weighted by atomic mass is 10.2. The number of hydrogen-bond acceptors (Lipinski definition) is 6. The Kier molecular flexibility index (Phi) is 4.33. The Morgan fingerprint density at radius 2 is 2.00 bits per heavy atom. The van der Waals surface area contributed by atoms with Gasteiger partial charge >= 0.3 is 0 Å². The topological polar surface area (TPSA) is 86.4 Å². The molecule has 0 spiro atoms. The van der Waals surface area contributed by atoms with Gasteiger partial charge in [-0.25, -0.2) is 14.3 Å². The van der Waals surface area contributed by atoms with Gasteiger partial charge in [-0.1, -0.05) is 0 Å². The maximum atomic E-state index is 13.1. The number of hydrogen-bond donors (Lipinski definition) is 1. The highest BCUT2D eigenvalue weighted by atomic mass is 32.1. The molecule has 1 fully saturated rings. The van der Waals surface area contributed by atoms with Crippen molar-refractivity contribution >= 4 is 39.1 Å². The first-order chi connectivity index (χ1) is 12.9. The van der Waals surface area contributed by atoms with E-state index in [0.717, 1.165) is 4.90 Å². The molecule has 0 saturated carbocycles. The van der Waals surface area contributed by atoms with Crippen molar-refractivity contribution in [1.29, 1.82) is 0 Å². The Balaban J connectivity index is 1.55. The zero-order valence-electron chi connectivity index (χ0n) is 14.3. The van der Waals surface area contributed by atoms with Crippen molar-refractivity contribution in [3.63, 3.8) is 0 Å². The molecule has 7 nitrogen and oxygen atoms in total. The van der Waals surface area contributed by atoms with Crippen LogP contribution in [0.25, 0.3) is 10.2 Å². The number of nitrogens with one attached hydrogen (secondary N) is 1. The first-order valence-corrected chi connectivity index (χ1v) is 9.11. The molecule has 3 heterocycles. The van der Waals surface area contributed by atoms with E-state index in [9.17, 15) is 18.8 Å². The summed E-state index contributed by atoms with van der Waals surface area (Å²) in [4.78, 5) is 47.0. The number of halogens is 1. The average Bonchev–Trinajstić information content (AvgIpc) is 3.21. The predicted molar refractivity (Wildman–Crippen MR) is 99.0 cm³/mol. The molecule has 0 radical (unpaired) electrons. The van der Waals surface area contributed by atoms with Crippen LogP contribution in [-0.2, 0) is 16.1 Å². The van der Waals surface area contributed by atoms with Crippen LogP contribution in [0.5, 0.6) is 0 Å². The van der Waals surface area contributed by atoms with Crippen LogP contribution in [0.3, 0.4) is 0 Å². The summed E-state index contributed by atoms with van der Waals surface area (Å²) in [6.45, 7) is 0.210. The van der Waals surface area contributed by atoms with E-state index in [1.165, 1.54) is 35.6 Å². The van der Waals surface area contributed by atoms with E-state index in [0.29, 0.717) is 21.7 Å². The van der Waals surface area contributed by atoms with Gasteiger partial charge in [0.15, 0.2) is 0 Å². The molecule has 1 aliphatic heterocycles. The average molecular weight is 386 g/mol. The lowest BCUT2D eigenvalue weighted by Crippen LogP contribution is -2.40. The quantitative estimate of drug-likeness (QED) is 0.692. The van der Waals surface area contributed by atoms with E-state index in [4.69, 9.17) is 0 Å². The minimum atomic E-state index is -0.675. The summed E-state index contributed by atoms with van der Waals surface area (Å²) in [5.41, 5.74) is 0.725. The van der Waals surface area contributed by atoms with Gasteiger partial charge in [-0.3, -0.25) is 19.3 Å². The molecular formula is C18H15FN4O3S. The van der Waals surface area contributed by atoms with Gasteiger partial charge in [-0.15, -0.1) is 11.3 Å². The largest absolute Gasteiger partial charge is 0.308 e. The predicted octanol–water partition coefficient (Wildman–Crippen LogP) is 1.89. The van der Waals surface area contributed by atoms with Crippen molar-refractivity contribution in [3.05, 3.63) is 57.7 Å². The van der Waals surface area contributed by atoms with E-state index in [1.807, 2.05) is 0 Å². The number of carbonyl (C=O) groups is 2. The number of aromatic nitrogens is 2. The normalized spacial score (nSPS) is 17.4. The molecule has 1 aliphatic rings. The van der Waals surface area contributed by atoms with E-state index < -0.39 is 11.9 Å². The Bertz CT molecular complexity index is 1090. The van der Waals surface area contributed by atoms with Crippen LogP contribution in [0.1, 0.15) is 12.2 Å². The van der Waals surface area contributed by atoms with Crippen LogP contribution < -0.4 is 10.5 Å². The standard InChI is InChI=1S/C18H15FN4O3S/c1-22(9-14-20-12-6-7-27-16(12)17(25)21-14)13-8-15(24)23(18(13)26)11-4-2-10(19)3-5-11/h2-7,13H,8-9H2,1H3,(H,20,21,25). The second kappa shape index (κ2) is 6.67. The van der Waals surface area contributed by atoms with Crippen molar-refractivity contribution in [2.24, 2.45) is 0 Å². The second-order valence-electron chi connectivity index (χ2n) is 6.33. The Hall–Kier alpha value is -2.91. The van der Waals surface area contributed by atoms with Crippen LogP contribution >= 0.6 is 11.3 Å². The monoisotopic (exact) mass is 386 g/mol. The summed E-state index contributed by atoms with van der Waals surface area (Å²) in [6.07, 6.45) is 0.0115. The second-order valence-corrected chi connectivity index (χ2v) is 7.24. The Morgan fingerprint density at radius 1 is 1.26 bits per heavy atom. The zero-order valence-corrected chi connectivity index (χ0v) is 15.1. The van der Waals surface area contributed by atoms with Gasteiger partial charge in [0.1, 0.15) is 16.3 Å². The molecule has 9 heteroatoms. The molecule has 1 aromatic carbocycles. The lowest BCUT2D eigenvalue weighted by Gasteiger charge is -2.22. The first-order valence-electron chi connectivity index (χ1n) is 8.23. The molecule has 3 aromatic rings. The minimum Gasteiger partial charge on any atom is -0.308 e. The molecule has 0 aliphatic carbocycles. The van der Waals surface area contributed by atoms with Crippen LogP contribution in [0.4, 0.5) is 10.1 Å². The molecule has 1 atom stereocenters. The van der Waals surface area contributed by atoms with Gasteiger partial charge in [-0.2, -0.15) is 0 Å². The third-order valence-electron chi connectivity index (χ3n) is 4.50. The van der Waals surface area contributed by atoms with Crippen molar-refractivity contribution in [1.82, 2.24) is 14.9 Å². The molecule has 138 valence electrons. The summed E-state index contributed by atoms with van der Waals surface area (Å²) < 4.78 is 13.7. The first kappa shape index (κ1) is 17.5. The molecule has 27 heavy (non-hydrogen) atoms. The third kappa shape index (κ3) is 3.15. The van der Waals surface area contributed by atoms with Gasteiger partial charge in [0.05, 0.1) is 30.2 Å². The molecule has 2 amide bonds. The Morgan fingerprint density at radius 3 is 2.74 bits per heavy atom. The molecule has 1 saturated heterocycles.